The van der Waals surface area contributed by atoms with Crippen LogP contribution >= 0.6 is 0 Å². The second kappa shape index (κ2) is 5.13. The van der Waals surface area contributed by atoms with E-state index >= 15 is 0 Å². The summed E-state index contributed by atoms with van der Waals surface area (Å²) in [6.07, 6.45) is 1.70. The molecule has 2 nitrogen and oxygen atoms in total. The summed E-state index contributed by atoms with van der Waals surface area (Å²) in [6, 6.07) is 9.47. The van der Waals surface area contributed by atoms with Gasteiger partial charge in [-0.05, 0) is 17.7 Å². The van der Waals surface area contributed by atoms with Crippen LogP contribution in [0, 0.1) is 11.3 Å². The lowest BCUT2D eigenvalue weighted by Crippen LogP contribution is -1.92. The van der Waals surface area contributed by atoms with Gasteiger partial charge < -0.3 is 4.74 Å². The van der Waals surface area contributed by atoms with Gasteiger partial charge in [0.2, 0.25) is 0 Å². The molecule has 2 heteroatoms. The first kappa shape index (κ1) is 9.50. The average Bonchev–Trinajstić information content (AvgIpc) is 2.19. The summed E-state index contributed by atoms with van der Waals surface area (Å²) in [5.74, 6) is 0. The van der Waals surface area contributed by atoms with Crippen LogP contribution in [0.5, 0.6) is 0 Å². The number of rotatable bonds is 4. The molecule has 0 aromatic heterocycles. The van der Waals surface area contributed by atoms with Crippen molar-refractivity contribution in [3.63, 3.8) is 0 Å². The van der Waals surface area contributed by atoms with Gasteiger partial charge in [0.05, 0.1) is 24.8 Å². The Bertz CT molecular complexity index is 325. The summed E-state index contributed by atoms with van der Waals surface area (Å²) in [5.41, 5.74) is 1.68. The largest absolute Gasteiger partial charge is 0.373 e. The Morgan fingerprint density at radius 1 is 1.54 bits per heavy atom. The SMILES string of the molecule is C=CCOCc1cccc(C#N)c1. The minimum Gasteiger partial charge on any atom is -0.373 e. The molecule has 0 fully saturated rings. The van der Waals surface area contributed by atoms with Crippen molar-refractivity contribution in [2.75, 3.05) is 6.61 Å². The Labute approximate surface area is 78.1 Å². The van der Waals surface area contributed by atoms with Crippen LogP contribution in [0.25, 0.3) is 0 Å². The molecule has 0 amide bonds. The number of ether oxygens (including phenoxy) is 1. The highest BCUT2D eigenvalue weighted by Crippen LogP contribution is 2.05. The second-order valence-corrected chi connectivity index (χ2v) is 2.62. The third-order valence-electron chi connectivity index (χ3n) is 1.56. The molecule has 0 saturated heterocycles. The standard InChI is InChI=1S/C11H11NO/c1-2-6-13-9-11-5-3-4-10(7-11)8-12/h2-5,7H,1,6,9H2. The van der Waals surface area contributed by atoms with Crippen LogP contribution in [-0.4, -0.2) is 6.61 Å². The number of nitriles is 1. The number of nitrogens with zero attached hydrogens (tertiary/aromatic N) is 1. The van der Waals surface area contributed by atoms with Gasteiger partial charge in [0.1, 0.15) is 0 Å². The van der Waals surface area contributed by atoms with Crippen molar-refractivity contribution >= 4 is 0 Å². The van der Waals surface area contributed by atoms with E-state index < -0.39 is 0 Å². The van der Waals surface area contributed by atoms with Crippen molar-refractivity contribution in [2.45, 2.75) is 6.61 Å². The maximum absolute atomic E-state index is 8.63. The van der Waals surface area contributed by atoms with Crippen LogP contribution < -0.4 is 0 Å². The summed E-state index contributed by atoms with van der Waals surface area (Å²) in [4.78, 5) is 0. The second-order valence-electron chi connectivity index (χ2n) is 2.62. The molecular formula is C11H11NO. The smallest absolute Gasteiger partial charge is 0.0991 e. The van der Waals surface area contributed by atoms with Gasteiger partial charge in [0, 0.05) is 0 Å². The molecule has 1 aromatic carbocycles. The summed E-state index contributed by atoms with van der Waals surface area (Å²) in [5, 5.41) is 8.63. The van der Waals surface area contributed by atoms with Crippen molar-refractivity contribution in [3.05, 3.63) is 48.0 Å². The first-order chi connectivity index (χ1) is 6.36. The van der Waals surface area contributed by atoms with E-state index in [0.29, 0.717) is 18.8 Å². The molecule has 0 aliphatic rings. The third-order valence-corrected chi connectivity index (χ3v) is 1.56. The predicted molar refractivity (Wildman–Crippen MR) is 51.0 cm³/mol. The molecule has 1 rings (SSSR count). The van der Waals surface area contributed by atoms with Crippen molar-refractivity contribution in [1.82, 2.24) is 0 Å². The van der Waals surface area contributed by atoms with Gasteiger partial charge in [-0.1, -0.05) is 18.2 Å². The number of benzene rings is 1. The quantitative estimate of drug-likeness (QED) is 0.517. The highest BCUT2D eigenvalue weighted by atomic mass is 16.5. The van der Waals surface area contributed by atoms with Gasteiger partial charge in [-0.3, -0.25) is 0 Å². The Balaban J connectivity index is 2.57. The van der Waals surface area contributed by atoms with Crippen LogP contribution in [-0.2, 0) is 11.3 Å². The van der Waals surface area contributed by atoms with Gasteiger partial charge in [-0.15, -0.1) is 6.58 Å². The first-order valence-electron chi connectivity index (χ1n) is 4.04. The molecule has 66 valence electrons. The summed E-state index contributed by atoms with van der Waals surface area (Å²) in [7, 11) is 0. The minimum absolute atomic E-state index is 0.529. The molecule has 0 aliphatic heterocycles. The monoisotopic (exact) mass is 173 g/mol. The molecule has 0 spiro atoms. The normalized spacial score (nSPS) is 9.15. The zero-order valence-electron chi connectivity index (χ0n) is 7.36. The molecule has 13 heavy (non-hydrogen) atoms. The molecule has 0 heterocycles. The molecule has 0 N–H and O–H groups in total. The lowest BCUT2D eigenvalue weighted by atomic mass is 10.1. The maximum Gasteiger partial charge on any atom is 0.0991 e. The van der Waals surface area contributed by atoms with E-state index in [2.05, 4.69) is 12.6 Å². The molecule has 0 unspecified atom stereocenters. The van der Waals surface area contributed by atoms with Gasteiger partial charge in [0.25, 0.3) is 0 Å². The number of hydrogen-bond acceptors (Lipinski definition) is 2. The fourth-order valence-corrected chi connectivity index (χ4v) is 0.991. The highest BCUT2D eigenvalue weighted by molar-refractivity contribution is 5.32. The first-order valence-corrected chi connectivity index (χ1v) is 4.04. The fourth-order valence-electron chi connectivity index (χ4n) is 0.991. The van der Waals surface area contributed by atoms with Crippen LogP contribution in [0.4, 0.5) is 0 Å². The van der Waals surface area contributed by atoms with Crippen LogP contribution in [0.2, 0.25) is 0 Å². The van der Waals surface area contributed by atoms with E-state index in [1.54, 1.807) is 12.1 Å². The minimum atomic E-state index is 0.529. The summed E-state index contributed by atoms with van der Waals surface area (Å²) < 4.78 is 5.24. The lowest BCUT2D eigenvalue weighted by molar-refractivity contribution is 0.149. The predicted octanol–water partition coefficient (Wildman–Crippen LogP) is 2.26. The lowest BCUT2D eigenvalue weighted by Gasteiger charge is -2.00. The Morgan fingerprint density at radius 2 is 2.38 bits per heavy atom. The topological polar surface area (TPSA) is 33.0 Å². The molecule has 0 aliphatic carbocycles. The molecule has 0 saturated carbocycles. The molecule has 0 bridgehead atoms. The van der Waals surface area contributed by atoms with E-state index in [1.807, 2.05) is 18.2 Å². The van der Waals surface area contributed by atoms with E-state index in [9.17, 15) is 0 Å². The van der Waals surface area contributed by atoms with E-state index in [4.69, 9.17) is 10.00 Å². The molecule has 1 aromatic rings. The highest BCUT2D eigenvalue weighted by Gasteiger charge is 1.93. The molecular weight excluding hydrogens is 162 g/mol. The van der Waals surface area contributed by atoms with E-state index in [1.165, 1.54) is 0 Å². The Morgan fingerprint density at radius 3 is 3.08 bits per heavy atom. The molecule has 0 atom stereocenters. The molecule has 0 radical (unpaired) electrons. The Kier molecular flexibility index (Phi) is 3.74. The van der Waals surface area contributed by atoms with E-state index in [-0.39, 0.29) is 0 Å². The van der Waals surface area contributed by atoms with Crippen LogP contribution in [0.1, 0.15) is 11.1 Å². The zero-order valence-corrected chi connectivity index (χ0v) is 7.36. The van der Waals surface area contributed by atoms with Crippen molar-refractivity contribution in [3.8, 4) is 6.07 Å². The van der Waals surface area contributed by atoms with Gasteiger partial charge in [-0.2, -0.15) is 5.26 Å². The van der Waals surface area contributed by atoms with Crippen molar-refractivity contribution in [1.29, 1.82) is 5.26 Å². The van der Waals surface area contributed by atoms with Crippen LogP contribution in [0.3, 0.4) is 0 Å². The van der Waals surface area contributed by atoms with Gasteiger partial charge >= 0.3 is 0 Å². The number of hydrogen-bond donors (Lipinski definition) is 0. The average molecular weight is 173 g/mol. The van der Waals surface area contributed by atoms with Gasteiger partial charge in [0.15, 0.2) is 0 Å². The van der Waals surface area contributed by atoms with Crippen LogP contribution in [0.15, 0.2) is 36.9 Å². The van der Waals surface area contributed by atoms with Crippen molar-refractivity contribution in [2.24, 2.45) is 0 Å². The zero-order chi connectivity index (χ0) is 9.52. The summed E-state index contributed by atoms with van der Waals surface area (Å²) >= 11 is 0. The Hall–Kier alpha value is -1.59. The van der Waals surface area contributed by atoms with Crippen molar-refractivity contribution < 1.29 is 4.74 Å². The maximum atomic E-state index is 8.63. The van der Waals surface area contributed by atoms with E-state index in [0.717, 1.165) is 5.56 Å². The fraction of sp³-hybridized carbons (Fsp3) is 0.182. The third kappa shape index (κ3) is 3.10. The van der Waals surface area contributed by atoms with Gasteiger partial charge in [-0.25, -0.2) is 0 Å². The summed E-state index contributed by atoms with van der Waals surface area (Å²) in [6.45, 7) is 4.62.